The van der Waals surface area contributed by atoms with Gasteiger partial charge in [-0.2, -0.15) is 0 Å². The summed E-state index contributed by atoms with van der Waals surface area (Å²) in [6, 6.07) is -2.80. The number of nitrogens with two attached hydrogens (primary N) is 4. The topological polar surface area (TPSA) is 242 Å². The average molecular weight is 456 g/mol. The second-order valence-corrected chi connectivity index (χ2v) is 8.25. The van der Waals surface area contributed by atoms with Gasteiger partial charge in [-0.25, -0.2) is 4.39 Å². The largest absolute Gasteiger partial charge is 0.394 e. The van der Waals surface area contributed by atoms with Gasteiger partial charge >= 0.3 is 0 Å². The van der Waals surface area contributed by atoms with Gasteiger partial charge < -0.3 is 67.4 Å². The van der Waals surface area contributed by atoms with Crippen molar-refractivity contribution in [2.75, 3.05) is 13.2 Å². The summed E-state index contributed by atoms with van der Waals surface area (Å²) in [5.74, 6) is 0. The summed E-state index contributed by atoms with van der Waals surface area (Å²) in [5.41, 5.74) is 23.6. The fourth-order valence-corrected chi connectivity index (χ4v) is 4.14. The predicted octanol–water partition coefficient (Wildman–Crippen LogP) is -5.68. The van der Waals surface area contributed by atoms with Crippen molar-refractivity contribution in [2.45, 2.75) is 92.1 Å². The maximum Gasteiger partial charge on any atom is 0.187 e. The molecule has 0 aromatic heterocycles. The summed E-state index contributed by atoms with van der Waals surface area (Å²) in [6.45, 7) is -0.812. The molecule has 3 fully saturated rings. The minimum absolute atomic E-state index is 0.123. The maximum absolute atomic E-state index is 14.1. The van der Waals surface area contributed by atoms with E-state index in [9.17, 15) is 29.9 Å². The lowest BCUT2D eigenvalue weighted by atomic mass is 9.84. The molecule has 13 nitrogen and oxygen atoms in total. The lowest BCUT2D eigenvalue weighted by Gasteiger charge is -2.47. The standard InChI is InChI=1S/C17H33FN4O9/c18-8-7(3-23)29-17(12(8)26)31-15-10(24)4(20)1-5(21)14(15)30-16-9(22)13(27)11(25)6(2-19)28-16/h4-17,23-27H,1-3,19-22H2/t4-,5?,6?,7-,8?,9?,10?,11-,12?,13?,14-,15?,16-,17+/m1/s1. The van der Waals surface area contributed by atoms with E-state index in [-0.39, 0.29) is 13.0 Å². The first-order valence-corrected chi connectivity index (χ1v) is 10.2. The third-order valence-corrected chi connectivity index (χ3v) is 6.08. The van der Waals surface area contributed by atoms with Crippen molar-refractivity contribution in [3.05, 3.63) is 0 Å². The van der Waals surface area contributed by atoms with Crippen LogP contribution in [0.1, 0.15) is 6.42 Å². The molecule has 0 aromatic carbocycles. The molecule has 3 aliphatic rings. The van der Waals surface area contributed by atoms with Gasteiger partial charge in [-0.05, 0) is 6.42 Å². The van der Waals surface area contributed by atoms with Crippen LogP contribution < -0.4 is 22.9 Å². The highest BCUT2D eigenvalue weighted by atomic mass is 19.1. The molecule has 0 aromatic rings. The quantitative estimate of drug-likeness (QED) is 0.181. The molecule has 14 heteroatoms. The molecule has 14 atom stereocenters. The Morgan fingerprint density at radius 2 is 1.42 bits per heavy atom. The fraction of sp³-hybridized carbons (Fsp3) is 1.00. The van der Waals surface area contributed by atoms with Crippen LogP contribution in [0.5, 0.6) is 0 Å². The Hall–Kier alpha value is -0.590. The molecule has 0 amide bonds. The summed E-state index contributed by atoms with van der Waals surface area (Å²) in [7, 11) is 0. The van der Waals surface area contributed by atoms with E-state index < -0.39 is 92.3 Å². The van der Waals surface area contributed by atoms with E-state index in [0.29, 0.717) is 0 Å². The normalized spacial score (nSPS) is 53.6. The molecule has 0 spiro atoms. The Bertz CT molecular complexity index is 596. The highest BCUT2D eigenvalue weighted by Gasteiger charge is 2.52. The van der Waals surface area contributed by atoms with Crippen molar-refractivity contribution in [1.29, 1.82) is 0 Å². The van der Waals surface area contributed by atoms with Gasteiger partial charge in [0, 0.05) is 18.6 Å². The zero-order valence-electron chi connectivity index (χ0n) is 16.8. The van der Waals surface area contributed by atoms with Crippen LogP contribution in [-0.4, -0.2) is 124 Å². The van der Waals surface area contributed by atoms with Crippen molar-refractivity contribution < 1.29 is 48.9 Å². The first-order chi connectivity index (χ1) is 14.6. The van der Waals surface area contributed by atoms with Gasteiger partial charge in [0.15, 0.2) is 18.8 Å². The monoisotopic (exact) mass is 456 g/mol. The van der Waals surface area contributed by atoms with E-state index in [1.54, 1.807) is 0 Å². The molecular weight excluding hydrogens is 423 g/mol. The minimum Gasteiger partial charge on any atom is -0.394 e. The zero-order chi connectivity index (χ0) is 23.0. The summed E-state index contributed by atoms with van der Waals surface area (Å²) < 4.78 is 36.3. The number of rotatable bonds is 6. The Morgan fingerprint density at radius 1 is 0.806 bits per heavy atom. The molecule has 1 saturated carbocycles. The van der Waals surface area contributed by atoms with Crippen LogP contribution in [0.15, 0.2) is 0 Å². The van der Waals surface area contributed by atoms with E-state index in [2.05, 4.69) is 0 Å². The summed E-state index contributed by atoms with van der Waals surface area (Å²) in [6.07, 6.45) is -15.1. The number of aliphatic hydroxyl groups excluding tert-OH is 5. The second-order valence-electron chi connectivity index (χ2n) is 8.25. The highest BCUT2D eigenvalue weighted by molar-refractivity contribution is 5.01. The zero-order valence-corrected chi connectivity index (χ0v) is 16.8. The average Bonchev–Trinajstić information content (AvgIpc) is 3.02. The number of aliphatic hydroxyl groups is 5. The number of hydrogen-bond acceptors (Lipinski definition) is 13. The van der Waals surface area contributed by atoms with Gasteiger partial charge in [-0.1, -0.05) is 0 Å². The predicted molar refractivity (Wildman–Crippen MR) is 101 cm³/mol. The van der Waals surface area contributed by atoms with Gasteiger partial charge in [0.05, 0.1) is 18.8 Å². The van der Waals surface area contributed by atoms with E-state index in [1.165, 1.54) is 0 Å². The second kappa shape index (κ2) is 10.1. The third kappa shape index (κ3) is 4.86. The Morgan fingerprint density at radius 3 is 2.00 bits per heavy atom. The molecular formula is C17H33FN4O9. The summed E-state index contributed by atoms with van der Waals surface area (Å²) >= 11 is 0. The smallest absolute Gasteiger partial charge is 0.187 e. The molecule has 2 saturated heterocycles. The summed E-state index contributed by atoms with van der Waals surface area (Å²) in [5, 5.41) is 50.0. The lowest BCUT2D eigenvalue weighted by molar-refractivity contribution is -0.306. The lowest BCUT2D eigenvalue weighted by Crippen LogP contribution is -2.68. The van der Waals surface area contributed by atoms with Crippen LogP contribution in [-0.2, 0) is 18.9 Å². The van der Waals surface area contributed by atoms with Gasteiger partial charge in [0.1, 0.15) is 42.7 Å². The van der Waals surface area contributed by atoms with E-state index in [4.69, 9.17) is 41.9 Å². The van der Waals surface area contributed by atoms with Crippen molar-refractivity contribution in [3.8, 4) is 0 Å². The Balaban J connectivity index is 1.78. The molecule has 3 rings (SSSR count). The third-order valence-electron chi connectivity index (χ3n) is 6.08. The molecule has 31 heavy (non-hydrogen) atoms. The van der Waals surface area contributed by atoms with Crippen molar-refractivity contribution >= 4 is 0 Å². The molecule has 1 aliphatic carbocycles. The molecule has 13 N–H and O–H groups in total. The van der Waals surface area contributed by atoms with E-state index in [1.807, 2.05) is 0 Å². The molecule has 8 unspecified atom stereocenters. The van der Waals surface area contributed by atoms with Crippen molar-refractivity contribution in [2.24, 2.45) is 22.9 Å². The molecule has 0 bridgehead atoms. The van der Waals surface area contributed by atoms with Gasteiger partial charge in [0.25, 0.3) is 0 Å². The van der Waals surface area contributed by atoms with Crippen molar-refractivity contribution in [3.63, 3.8) is 0 Å². The molecule has 0 radical (unpaired) electrons. The van der Waals surface area contributed by atoms with Crippen LogP contribution >= 0.6 is 0 Å². The van der Waals surface area contributed by atoms with Gasteiger partial charge in [-0.15, -0.1) is 0 Å². The SMILES string of the molecule is NCC1O[C@H](O[C@@H]2C(N)C[C@@H](N)C(O)C2O[C@@H]2O[C@H](CO)C(F)C2O)C(N)C(O)[C@@H]1O. The van der Waals surface area contributed by atoms with Gasteiger partial charge in [-0.3, -0.25) is 0 Å². The van der Waals surface area contributed by atoms with E-state index >= 15 is 0 Å². The number of alkyl halides is 1. The maximum atomic E-state index is 14.1. The number of ether oxygens (including phenoxy) is 4. The fourth-order valence-electron chi connectivity index (χ4n) is 4.14. The highest BCUT2D eigenvalue weighted by Crippen LogP contribution is 2.32. The van der Waals surface area contributed by atoms with Crippen LogP contribution in [0.25, 0.3) is 0 Å². The van der Waals surface area contributed by atoms with Crippen LogP contribution in [0.2, 0.25) is 0 Å². The number of halogens is 1. The number of hydrogen-bond donors (Lipinski definition) is 9. The van der Waals surface area contributed by atoms with Crippen LogP contribution in [0.4, 0.5) is 4.39 Å². The van der Waals surface area contributed by atoms with E-state index in [0.717, 1.165) is 0 Å². The van der Waals surface area contributed by atoms with Crippen LogP contribution in [0.3, 0.4) is 0 Å². The summed E-state index contributed by atoms with van der Waals surface area (Å²) in [4.78, 5) is 0. The minimum atomic E-state index is -1.91. The van der Waals surface area contributed by atoms with Crippen LogP contribution in [0, 0.1) is 0 Å². The van der Waals surface area contributed by atoms with Crippen molar-refractivity contribution in [1.82, 2.24) is 0 Å². The molecule has 2 aliphatic heterocycles. The first kappa shape index (κ1) is 25.0. The Labute approximate surface area is 178 Å². The van der Waals surface area contributed by atoms with Gasteiger partial charge in [0.2, 0.25) is 0 Å². The Kier molecular flexibility index (Phi) is 8.18. The molecule has 2 heterocycles. The molecule has 182 valence electrons. The first-order valence-electron chi connectivity index (χ1n) is 10.2.